The van der Waals surface area contributed by atoms with E-state index in [0.717, 1.165) is 6.42 Å². The molecular formula is C20H32O2. The van der Waals surface area contributed by atoms with Crippen molar-refractivity contribution in [3.63, 3.8) is 0 Å². The topological polar surface area (TPSA) is 26.3 Å². The summed E-state index contributed by atoms with van der Waals surface area (Å²) >= 11 is 0. The fraction of sp³-hybridized carbons (Fsp3) is 0.850. The standard InChI is InChI=1S/C20H32O2/c1-14(2)17(21)22-20(15-9-7-6-8-10-15)13-16-11-12-19(20,5)18(16,3)4/h15-16H,1,6-13H2,2-5H3. The molecule has 0 N–H and O–H groups in total. The normalized spacial score (nSPS) is 40.6. The molecule has 3 rings (SSSR count). The van der Waals surface area contributed by atoms with Gasteiger partial charge in [-0.2, -0.15) is 0 Å². The molecule has 2 bridgehead atoms. The lowest BCUT2D eigenvalue weighted by molar-refractivity contribution is -0.191. The highest BCUT2D eigenvalue weighted by Gasteiger charge is 2.72. The summed E-state index contributed by atoms with van der Waals surface area (Å²) in [5.41, 5.74) is 0.660. The first-order valence-corrected chi connectivity index (χ1v) is 9.13. The predicted octanol–water partition coefficient (Wildman–Crippen LogP) is 5.27. The van der Waals surface area contributed by atoms with Gasteiger partial charge < -0.3 is 4.74 Å². The second-order valence-corrected chi connectivity index (χ2v) is 8.89. The van der Waals surface area contributed by atoms with Gasteiger partial charge in [-0.25, -0.2) is 4.79 Å². The van der Waals surface area contributed by atoms with Gasteiger partial charge in [0.1, 0.15) is 5.60 Å². The number of hydrogen-bond donors (Lipinski definition) is 0. The van der Waals surface area contributed by atoms with Crippen LogP contribution < -0.4 is 0 Å². The van der Waals surface area contributed by atoms with Crippen molar-refractivity contribution in [2.45, 2.75) is 84.7 Å². The van der Waals surface area contributed by atoms with E-state index in [4.69, 9.17) is 4.74 Å². The van der Waals surface area contributed by atoms with Gasteiger partial charge in [0.2, 0.25) is 0 Å². The quantitative estimate of drug-likeness (QED) is 0.524. The molecule has 0 aromatic rings. The lowest BCUT2D eigenvalue weighted by Crippen LogP contribution is -2.55. The third-order valence-electron chi connectivity index (χ3n) is 7.81. The monoisotopic (exact) mass is 304 g/mol. The molecule has 3 atom stereocenters. The molecule has 0 aromatic heterocycles. The van der Waals surface area contributed by atoms with Gasteiger partial charge in [0.05, 0.1) is 0 Å². The molecule has 0 amide bonds. The van der Waals surface area contributed by atoms with Crippen molar-refractivity contribution < 1.29 is 9.53 Å². The van der Waals surface area contributed by atoms with E-state index in [1.807, 2.05) is 0 Å². The van der Waals surface area contributed by atoms with E-state index >= 15 is 0 Å². The van der Waals surface area contributed by atoms with Crippen LogP contribution >= 0.6 is 0 Å². The van der Waals surface area contributed by atoms with Crippen LogP contribution in [0.1, 0.15) is 79.1 Å². The summed E-state index contributed by atoms with van der Waals surface area (Å²) in [5.74, 6) is 1.06. The predicted molar refractivity (Wildman–Crippen MR) is 89.4 cm³/mol. The van der Waals surface area contributed by atoms with Crippen LogP contribution in [0.15, 0.2) is 12.2 Å². The Balaban J connectivity index is 2.01. The first-order valence-electron chi connectivity index (χ1n) is 9.13. The van der Waals surface area contributed by atoms with Crippen molar-refractivity contribution in [2.24, 2.45) is 22.7 Å². The van der Waals surface area contributed by atoms with Gasteiger partial charge >= 0.3 is 5.97 Å². The number of carbonyl (C=O) groups is 1. The van der Waals surface area contributed by atoms with Gasteiger partial charge in [0, 0.05) is 11.0 Å². The second-order valence-electron chi connectivity index (χ2n) is 8.89. The number of rotatable bonds is 3. The largest absolute Gasteiger partial charge is 0.455 e. The Morgan fingerprint density at radius 2 is 1.68 bits per heavy atom. The van der Waals surface area contributed by atoms with Crippen molar-refractivity contribution in [1.29, 1.82) is 0 Å². The first-order chi connectivity index (χ1) is 10.2. The van der Waals surface area contributed by atoms with Gasteiger partial charge in [-0.1, -0.05) is 46.6 Å². The smallest absolute Gasteiger partial charge is 0.333 e. The van der Waals surface area contributed by atoms with E-state index in [2.05, 4.69) is 27.4 Å². The van der Waals surface area contributed by atoms with Crippen molar-refractivity contribution in [2.75, 3.05) is 0 Å². The molecule has 2 nitrogen and oxygen atoms in total. The summed E-state index contributed by atoms with van der Waals surface area (Å²) < 4.78 is 6.33. The number of hydrogen-bond acceptors (Lipinski definition) is 2. The van der Waals surface area contributed by atoms with Crippen LogP contribution in [0.25, 0.3) is 0 Å². The molecule has 3 fully saturated rings. The third-order valence-corrected chi connectivity index (χ3v) is 7.81. The zero-order valence-electron chi connectivity index (χ0n) is 14.8. The maximum absolute atomic E-state index is 12.5. The summed E-state index contributed by atoms with van der Waals surface area (Å²) in [6.45, 7) is 12.8. The van der Waals surface area contributed by atoms with Crippen LogP contribution in [0.4, 0.5) is 0 Å². The van der Waals surface area contributed by atoms with Crippen molar-refractivity contribution in [3.8, 4) is 0 Å². The highest BCUT2D eigenvalue weighted by Crippen LogP contribution is 2.73. The Hall–Kier alpha value is -0.790. The maximum atomic E-state index is 12.5. The van der Waals surface area contributed by atoms with E-state index < -0.39 is 0 Å². The average Bonchev–Trinajstić information content (AvgIpc) is 2.80. The average molecular weight is 304 g/mol. The molecule has 0 aliphatic heterocycles. The summed E-state index contributed by atoms with van der Waals surface area (Å²) in [6.07, 6.45) is 9.93. The lowest BCUT2D eigenvalue weighted by atomic mass is 9.58. The Labute approximate surface area is 135 Å². The van der Waals surface area contributed by atoms with Gasteiger partial charge in [-0.05, 0) is 56.3 Å². The molecule has 0 spiro atoms. The number of esters is 1. The van der Waals surface area contributed by atoms with Crippen LogP contribution in [-0.2, 0) is 9.53 Å². The molecule has 0 heterocycles. The molecular weight excluding hydrogens is 272 g/mol. The van der Waals surface area contributed by atoms with E-state index in [9.17, 15) is 4.79 Å². The highest BCUT2D eigenvalue weighted by molar-refractivity contribution is 5.87. The highest BCUT2D eigenvalue weighted by atomic mass is 16.6. The zero-order valence-corrected chi connectivity index (χ0v) is 14.8. The number of fused-ring (bicyclic) bond motifs is 2. The minimum absolute atomic E-state index is 0.109. The third kappa shape index (κ3) is 1.95. The van der Waals surface area contributed by atoms with Crippen molar-refractivity contribution >= 4 is 5.97 Å². The SMILES string of the molecule is C=C(C)C(=O)OC1(C2CCCCC2)CC2CCC1(C)C2(C)C. The molecule has 3 unspecified atom stereocenters. The van der Waals surface area contributed by atoms with Gasteiger partial charge in [0.25, 0.3) is 0 Å². The number of ether oxygens (including phenoxy) is 1. The first kappa shape index (κ1) is 16.1. The summed E-state index contributed by atoms with van der Waals surface area (Å²) in [4.78, 5) is 12.5. The maximum Gasteiger partial charge on any atom is 0.333 e. The van der Waals surface area contributed by atoms with Crippen LogP contribution in [0.3, 0.4) is 0 Å². The minimum Gasteiger partial charge on any atom is -0.455 e. The van der Waals surface area contributed by atoms with E-state index in [0.29, 0.717) is 17.4 Å². The molecule has 3 aliphatic carbocycles. The molecule has 0 aromatic carbocycles. The fourth-order valence-electron chi connectivity index (χ4n) is 5.98. The molecule has 2 heteroatoms. The second kappa shape index (κ2) is 5.11. The number of carbonyl (C=O) groups excluding carboxylic acids is 1. The van der Waals surface area contributed by atoms with Crippen LogP contribution in [0.5, 0.6) is 0 Å². The summed E-state index contributed by atoms with van der Waals surface area (Å²) in [6, 6.07) is 0. The Bertz CT molecular complexity index is 486. The Morgan fingerprint density at radius 1 is 1.05 bits per heavy atom. The lowest BCUT2D eigenvalue weighted by Gasteiger charge is -2.52. The Morgan fingerprint density at radius 3 is 2.14 bits per heavy atom. The van der Waals surface area contributed by atoms with E-state index in [1.54, 1.807) is 6.92 Å². The fourth-order valence-corrected chi connectivity index (χ4v) is 5.98. The van der Waals surface area contributed by atoms with E-state index in [-0.39, 0.29) is 22.4 Å². The molecule has 3 saturated carbocycles. The van der Waals surface area contributed by atoms with Gasteiger partial charge in [0.15, 0.2) is 0 Å². The van der Waals surface area contributed by atoms with Gasteiger partial charge in [-0.3, -0.25) is 0 Å². The molecule has 3 aliphatic rings. The molecule has 0 radical (unpaired) electrons. The molecule has 124 valence electrons. The van der Waals surface area contributed by atoms with Crippen molar-refractivity contribution in [3.05, 3.63) is 12.2 Å². The van der Waals surface area contributed by atoms with Crippen molar-refractivity contribution in [1.82, 2.24) is 0 Å². The zero-order chi connectivity index (χ0) is 16.2. The molecule has 22 heavy (non-hydrogen) atoms. The van der Waals surface area contributed by atoms with Crippen LogP contribution in [-0.4, -0.2) is 11.6 Å². The van der Waals surface area contributed by atoms with Gasteiger partial charge in [-0.15, -0.1) is 0 Å². The van der Waals surface area contributed by atoms with Crippen LogP contribution in [0.2, 0.25) is 0 Å². The molecule has 0 saturated heterocycles. The van der Waals surface area contributed by atoms with Crippen LogP contribution in [0, 0.1) is 22.7 Å². The minimum atomic E-state index is -0.254. The summed E-state index contributed by atoms with van der Waals surface area (Å²) in [5, 5.41) is 0. The summed E-state index contributed by atoms with van der Waals surface area (Å²) in [7, 11) is 0. The van der Waals surface area contributed by atoms with E-state index in [1.165, 1.54) is 44.9 Å². The Kier molecular flexibility index (Phi) is 3.73.